The van der Waals surface area contributed by atoms with E-state index in [4.69, 9.17) is 0 Å². The van der Waals surface area contributed by atoms with Gasteiger partial charge < -0.3 is 15.3 Å². The van der Waals surface area contributed by atoms with Gasteiger partial charge in [0.2, 0.25) is 5.95 Å². The highest BCUT2D eigenvalue weighted by Gasteiger charge is 2.23. The van der Waals surface area contributed by atoms with Crippen molar-refractivity contribution in [1.29, 1.82) is 0 Å². The Kier molecular flexibility index (Phi) is 6.97. The van der Waals surface area contributed by atoms with E-state index in [2.05, 4.69) is 32.3 Å². The number of rotatable bonds is 4. The van der Waals surface area contributed by atoms with Crippen LogP contribution in [0.5, 0.6) is 0 Å². The number of benzene rings is 1. The molecule has 5 nitrogen and oxygen atoms in total. The van der Waals surface area contributed by atoms with Crippen molar-refractivity contribution in [3.8, 4) is 0 Å². The number of aliphatic hydroxyl groups excluding tert-OH is 1. The molecule has 1 fully saturated rings. The van der Waals surface area contributed by atoms with E-state index >= 15 is 0 Å². The summed E-state index contributed by atoms with van der Waals surface area (Å²) in [6.07, 6.45) is 4.60. The predicted molar refractivity (Wildman–Crippen MR) is 93.7 cm³/mol. The highest BCUT2D eigenvalue weighted by atomic mass is 16.3. The topological polar surface area (TPSA) is 61.3 Å². The molecular formula is C18H26N4O. The number of aliphatic hydroxyl groups is 1. The Morgan fingerprint density at radius 2 is 1.83 bits per heavy atom. The zero-order valence-electron chi connectivity index (χ0n) is 13.9. The van der Waals surface area contributed by atoms with Crippen LogP contribution in [-0.2, 0) is 6.42 Å². The maximum atomic E-state index is 9.43. The van der Waals surface area contributed by atoms with Gasteiger partial charge in [-0.3, -0.25) is 0 Å². The summed E-state index contributed by atoms with van der Waals surface area (Å²) >= 11 is 0. The van der Waals surface area contributed by atoms with E-state index in [1.807, 2.05) is 44.4 Å². The van der Waals surface area contributed by atoms with Crippen molar-refractivity contribution in [2.24, 2.45) is 0 Å². The summed E-state index contributed by atoms with van der Waals surface area (Å²) in [5, 5.41) is 12.7. The number of hydrogen-bond donors (Lipinski definition) is 2. The van der Waals surface area contributed by atoms with E-state index in [1.165, 1.54) is 5.56 Å². The first-order valence-electron chi connectivity index (χ1n) is 8.30. The molecule has 2 heterocycles. The van der Waals surface area contributed by atoms with E-state index < -0.39 is 0 Å². The van der Waals surface area contributed by atoms with Gasteiger partial charge in [-0.15, -0.1) is 0 Å². The molecule has 0 aliphatic carbocycles. The van der Waals surface area contributed by atoms with E-state index in [0.717, 1.165) is 31.6 Å². The maximum Gasteiger partial charge on any atom is 0.225 e. The second kappa shape index (κ2) is 9.22. The van der Waals surface area contributed by atoms with Crippen molar-refractivity contribution >= 4 is 5.95 Å². The molecule has 2 N–H and O–H groups in total. The number of nitrogens with zero attached hydrogens (tertiary/aromatic N) is 3. The number of anilines is 1. The van der Waals surface area contributed by atoms with Crippen LogP contribution in [0.2, 0.25) is 0 Å². The van der Waals surface area contributed by atoms with Crippen molar-refractivity contribution in [2.45, 2.75) is 26.3 Å². The molecule has 0 saturated carbocycles. The summed E-state index contributed by atoms with van der Waals surface area (Å²) in [6.45, 7) is 6.60. The minimum atomic E-state index is 0.0544. The third-order valence-electron chi connectivity index (χ3n) is 3.76. The van der Waals surface area contributed by atoms with Crippen molar-refractivity contribution in [3.05, 3.63) is 53.9 Å². The summed E-state index contributed by atoms with van der Waals surface area (Å²) in [6, 6.07) is 10.4. The number of hydrogen-bond acceptors (Lipinski definition) is 5. The lowest BCUT2D eigenvalue weighted by molar-refractivity contribution is 0.245. The average Bonchev–Trinajstić information content (AvgIpc) is 2.65. The second-order valence-corrected chi connectivity index (χ2v) is 5.29. The Hall–Kier alpha value is -1.98. The van der Waals surface area contributed by atoms with Gasteiger partial charge in [0.15, 0.2) is 0 Å². The van der Waals surface area contributed by atoms with Crippen molar-refractivity contribution in [1.82, 2.24) is 15.3 Å². The minimum absolute atomic E-state index is 0.0544. The SMILES string of the molecule is CC.OCC1CNCCN1c1ncc(Cc2ccccc2)cn1. The number of piperazine rings is 1. The normalized spacial score (nSPS) is 17.3. The van der Waals surface area contributed by atoms with Gasteiger partial charge in [-0.05, 0) is 11.1 Å². The van der Waals surface area contributed by atoms with Crippen molar-refractivity contribution < 1.29 is 5.11 Å². The van der Waals surface area contributed by atoms with Gasteiger partial charge in [0, 0.05) is 38.4 Å². The number of nitrogens with one attached hydrogen (secondary N) is 1. The first-order valence-corrected chi connectivity index (χ1v) is 8.30. The van der Waals surface area contributed by atoms with Crippen molar-refractivity contribution in [2.75, 3.05) is 31.1 Å². The van der Waals surface area contributed by atoms with Crippen LogP contribution < -0.4 is 10.2 Å². The molecule has 1 saturated heterocycles. The molecule has 0 amide bonds. The largest absolute Gasteiger partial charge is 0.394 e. The molecule has 1 aromatic carbocycles. The van der Waals surface area contributed by atoms with Gasteiger partial charge in [-0.25, -0.2) is 9.97 Å². The van der Waals surface area contributed by atoms with Gasteiger partial charge >= 0.3 is 0 Å². The van der Waals surface area contributed by atoms with Crippen LogP contribution in [0.15, 0.2) is 42.7 Å². The molecule has 1 unspecified atom stereocenters. The van der Waals surface area contributed by atoms with Crippen LogP contribution >= 0.6 is 0 Å². The molecule has 1 aliphatic heterocycles. The van der Waals surface area contributed by atoms with Crippen LogP contribution in [0, 0.1) is 0 Å². The van der Waals surface area contributed by atoms with Crippen LogP contribution in [-0.4, -0.2) is 47.4 Å². The van der Waals surface area contributed by atoms with Crippen LogP contribution in [0.4, 0.5) is 5.95 Å². The van der Waals surface area contributed by atoms with Crippen LogP contribution in [0.25, 0.3) is 0 Å². The third kappa shape index (κ3) is 4.74. The smallest absolute Gasteiger partial charge is 0.225 e. The second-order valence-electron chi connectivity index (χ2n) is 5.29. The fraction of sp³-hybridized carbons (Fsp3) is 0.444. The lowest BCUT2D eigenvalue weighted by atomic mass is 10.1. The first kappa shape index (κ1) is 17.4. The Morgan fingerprint density at radius 3 is 2.48 bits per heavy atom. The summed E-state index contributed by atoms with van der Waals surface area (Å²) < 4.78 is 0. The van der Waals surface area contributed by atoms with Crippen molar-refractivity contribution in [3.63, 3.8) is 0 Å². The maximum absolute atomic E-state index is 9.43. The lowest BCUT2D eigenvalue weighted by Crippen LogP contribution is -2.53. The molecule has 124 valence electrons. The average molecular weight is 314 g/mol. The quantitative estimate of drug-likeness (QED) is 0.902. The monoisotopic (exact) mass is 314 g/mol. The molecule has 23 heavy (non-hydrogen) atoms. The van der Waals surface area contributed by atoms with Gasteiger partial charge in [0.1, 0.15) is 0 Å². The molecule has 0 spiro atoms. The molecule has 0 radical (unpaired) electrons. The van der Waals surface area contributed by atoms with E-state index in [9.17, 15) is 5.11 Å². The Balaban J connectivity index is 0.000000924. The van der Waals surface area contributed by atoms with Crippen LogP contribution in [0.1, 0.15) is 25.0 Å². The molecule has 1 aliphatic rings. The Labute approximate surface area is 138 Å². The molecular weight excluding hydrogens is 288 g/mol. The van der Waals surface area contributed by atoms with Gasteiger partial charge in [0.25, 0.3) is 0 Å². The minimum Gasteiger partial charge on any atom is -0.394 e. The van der Waals surface area contributed by atoms with Gasteiger partial charge in [-0.2, -0.15) is 0 Å². The van der Waals surface area contributed by atoms with E-state index in [0.29, 0.717) is 5.95 Å². The summed E-state index contributed by atoms with van der Waals surface area (Å²) in [7, 11) is 0. The zero-order valence-corrected chi connectivity index (χ0v) is 13.9. The Bertz CT molecular complexity index is 559. The molecule has 1 atom stereocenters. The van der Waals surface area contributed by atoms with E-state index in [-0.39, 0.29) is 12.6 Å². The fourth-order valence-electron chi connectivity index (χ4n) is 2.61. The lowest BCUT2D eigenvalue weighted by Gasteiger charge is -2.35. The third-order valence-corrected chi connectivity index (χ3v) is 3.76. The highest BCUT2D eigenvalue weighted by Crippen LogP contribution is 2.14. The Morgan fingerprint density at radius 1 is 1.13 bits per heavy atom. The van der Waals surface area contributed by atoms with Gasteiger partial charge in [0.05, 0.1) is 12.6 Å². The highest BCUT2D eigenvalue weighted by molar-refractivity contribution is 5.34. The molecule has 1 aromatic heterocycles. The zero-order chi connectivity index (χ0) is 16.5. The fourth-order valence-corrected chi connectivity index (χ4v) is 2.61. The summed E-state index contributed by atoms with van der Waals surface area (Å²) in [5.74, 6) is 0.701. The summed E-state index contributed by atoms with van der Waals surface area (Å²) in [4.78, 5) is 11.0. The van der Waals surface area contributed by atoms with E-state index in [1.54, 1.807) is 0 Å². The standard InChI is InChI=1S/C16H20N4O.C2H6/c21-12-15-11-17-6-7-20(15)16-18-9-14(10-19-16)8-13-4-2-1-3-5-13;1-2/h1-5,9-10,15,17,21H,6-8,11-12H2;1-2H3. The van der Waals surface area contributed by atoms with Crippen LogP contribution in [0.3, 0.4) is 0 Å². The summed E-state index contributed by atoms with van der Waals surface area (Å²) in [5.41, 5.74) is 2.35. The predicted octanol–water partition coefficient (Wildman–Crippen LogP) is 1.86. The number of aromatic nitrogens is 2. The van der Waals surface area contributed by atoms with Gasteiger partial charge in [-0.1, -0.05) is 44.2 Å². The molecule has 5 heteroatoms. The molecule has 3 rings (SSSR count). The first-order chi connectivity index (χ1) is 11.4. The molecule has 0 bridgehead atoms. The molecule has 2 aromatic rings.